The molecule has 0 aromatic heterocycles. The van der Waals surface area contributed by atoms with Gasteiger partial charge in [0.1, 0.15) is 0 Å². The number of hydrogen-bond donors (Lipinski definition) is 0. The Morgan fingerprint density at radius 3 is 2.58 bits per heavy atom. The quantitative estimate of drug-likeness (QED) is 0.850. The summed E-state index contributed by atoms with van der Waals surface area (Å²) in [5.41, 5.74) is 4.97. The molecule has 0 spiro atoms. The number of aryl methyl sites for hydroxylation is 1. The second kappa shape index (κ2) is 7.18. The number of likely N-dealkylation sites (N-methyl/N-ethyl adjacent to an activating group) is 1. The van der Waals surface area contributed by atoms with Gasteiger partial charge in [0.2, 0.25) is 5.91 Å². The molecule has 1 heterocycles. The maximum Gasteiger partial charge on any atom is 0.226 e. The van der Waals surface area contributed by atoms with E-state index in [1.54, 1.807) is 0 Å². The molecule has 0 saturated heterocycles. The molecule has 2 aromatic carbocycles. The van der Waals surface area contributed by atoms with Gasteiger partial charge in [0.05, 0.1) is 6.04 Å². The van der Waals surface area contributed by atoms with E-state index >= 15 is 0 Å². The molecule has 2 aromatic rings. The maximum absolute atomic E-state index is 12.6. The van der Waals surface area contributed by atoms with Crippen LogP contribution in [0.1, 0.15) is 36.1 Å². The summed E-state index contributed by atoms with van der Waals surface area (Å²) in [6.07, 6.45) is 1.60. The Labute approximate surface area is 144 Å². The lowest BCUT2D eigenvalue weighted by atomic mass is 9.92. The number of amides is 1. The first-order valence-corrected chi connectivity index (χ1v) is 8.75. The van der Waals surface area contributed by atoms with Crippen LogP contribution in [0.5, 0.6) is 0 Å². The molecule has 0 radical (unpaired) electrons. The number of hydrogen-bond acceptors (Lipinski definition) is 2. The van der Waals surface area contributed by atoms with Gasteiger partial charge in [-0.15, -0.1) is 0 Å². The topological polar surface area (TPSA) is 23.6 Å². The fourth-order valence-electron chi connectivity index (χ4n) is 3.45. The van der Waals surface area contributed by atoms with E-state index in [-0.39, 0.29) is 11.9 Å². The molecule has 1 atom stereocenters. The average Bonchev–Trinajstić information content (AvgIpc) is 2.61. The molecule has 24 heavy (non-hydrogen) atoms. The normalized spacial score (nSPS) is 17.4. The van der Waals surface area contributed by atoms with Crippen LogP contribution < -0.4 is 4.90 Å². The molecule has 3 heteroatoms. The van der Waals surface area contributed by atoms with Gasteiger partial charge in [-0.3, -0.25) is 9.69 Å². The number of fused-ring (bicyclic) bond motifs is 1. The molecule has 0 saturated carbocycles. The molecule has 1 amide bonds. The van der Waals surface area contributed by atoms with E-state index in [2.05, 4.69) is 67.4 Å². The molecule has 3 rings (SSSR count). The zero-order valence-electron chi connectivity index (χ0n) is 14.8. The van der Waals surface area contributed by atoms with E-state index in [0.717, 1.165) is 18.7 Å². The van der Waals surface area contributed by atoms with Gasteiger partial charge in [0, 0.05) is 25.2 Å². The highest BCUT2D eigenvalue weighted by Crippen LogP contribution is 2.31. The Morgan fingerprint density at radius 1 is 1.17 bits per heavy atom. The van der Waals surface area contributed by atoms with Crippen molar-refractivity contribution in [1.29, 1.82) is 0 Å². The third-order valence-electron chi connectivity index (χ3n) is 4.98. The molecular formula is C21H26N2O. The van der Waals surface area contributed by atoms with Crippen molar-refractivity contribution in [2.45, 2.75) is 32.7 Å². The van der Waals surface area contributed by atoms with E-state index in [4.69, 9.17) is 0 Å². The van der Waals surface area contributed by atoms with Gasteiger partial charge in [0.15, 0.2) is 0 Å². The largest absolute Gasteiger partial charge is 0.311 e. The molecular weight excluding hydrogens is 296 g/mol. The van der Waals surface area contributed by atoms with Gasteiger partial charge >= 0.3 is 0 Å². The van der Waals surface area contributed by atoms with Crippen molar-refractivity contribution in [1.82, 2.24) is 4.90 Å². The lowest BCUT2D eigenvalue weighted by Gasteiger charge is -2.38. The zero-order valence-corrected chi connectivity index (χ0v) is 14.8. The number of nitrogens with zero attached hydrogens (tertiary/aromatic N) is 2. The van der Waals surface area contributed by atoms with E-state index in [1.807, 2.05) is 11.8 Å². The van der Waals surface area contributed by atoms with Gasteiger partial charge in [-0.2, -0.15) is 0 Å². The Balaban J connectivity index is 1.92. The van der Waals surface area contributed by atoms with Crippen molar-refractivity contribution in [3.63, 3.8) is 0 Å². The summed E-state index contributed by atoms with van der Waals surface area (Å²) in [5.74, 6) is 0.176. The second-order valence-electron chi connectivity index (χ2n) is 6.64. The van der Waals surface area contributed by atoms with Crippen LogP contribution in [0.2, 0.25) is 0 Å². The minimum atomic E-state index is 0.176. The van der Waals surface area contributed by atoms with Crippen LogP contribution in [0.4, 0.5) is 5.69 Å². The fourth-order valence-corrected chi connectivity index (χ4v) is 3.45. The van der Waals surface area contributed by atoms with Crippen LogP contribution in [0.15, 0.2) is 48.5 Å². The Kier molecular flexibility index (Phi) is 5.00. The third-order valence-corrected chi connectivity index (χ3v) is 4.98. The summed E-state index contributed by atoms with van der Waals surface area (Å²) in [6.45, 7) is 5.73. The Hall–Kier alpha value is -2.13. The van der Waals surface area contributed by atoms with Crippen molar-refractivity contribution in [3.05, 3.63) is 65.2 Å². The van der Waals surface area contributed by atoms with Crippen LogP contribution in [0.3, 0.4) is 0 Å². The molecule has 0 aliphatic carbocycles. The Morgan fingerprint density at radius 2 is 1.88 bits per heavy atom. The third kappa shape index (κ3) is 3.36. The molecule has 0 fully saturated rings. The van der Waals surface area contributed by atoms with Crippen LogP contribution in [0.25, 0.3) is 0 Å². The smallest absolute Gasteiger partial charge is 0.226 e. The minimum absolute atomic E-state index is 0.176. The predicted octanol–water partition coefficient (Wildman–Crippen LogP) is 3.97. The van der Waals surface area contributed by atoms with Crippen LogP contribution >= 0.6 is 0 Å². The number of carbonyl (C=O) groups is 1. The number of rotatable bonds is 4. The summed E-state index contributed by atoms with van der Waals surface area (Å²) in [4.78, 5) is 16.9. The molecule has 3 nitrogen and oxygen atoms in total. The monoisotopic (exact) mass is 322 g/mol. The van der Waals surface area contributed by atoms with Gasteiger partial charge in [-0.25, -0.2) is 0 Å². The van der Waals surface area contributed by atoms with E-state index in [1.165, 1.54) is 16.7 Å². The van der Waals surface area contributed by atoms with Gasteiger partial charge in [0.25, 0.3) is 0 Å². The minimum Gasteiger partial charge on any atom is -0.311 e. The molecule has 126 valence electrons. The molecule has 0 N–H and O–H groups in total. The van der Waals surface area contributed by atoms with Crippen molar-refractivity contribution >= 4 is 11.6 Å². The summed E-state index contributed by atoms with van der Waals surface area (Å²) in [6, 6.07) is 17.1. The zero-order chi connectivity index (χ0) is 17.1. The number of carbonyl (C=O) groups excluding carboxylic acids is 1. The van der Waals surface area contributed by atoms with Gasteiger partial charge in [-0.05, 0) is 43.7 Å². The van der Waals surface area contributed by atoms with Crippen molar-refractivity contribution in [2.75, 3.05) is 25.0 Å². The average molecular weight is 322 g/mol. The molecule has 1 aliphatic heterocycles. The molecule has 1 aliphatic rings. The van der Waals surface area contributed by atoms with Crippen molar-refractivity contribution < 1.29 is 4.79 Å². The van der Waals surface area contributed by atoms with Crippen LogP contribution in [0, 0.1) is 6.92 Å². The van der Waals surface area contributed by atoms with Crippen LogP contribution in [-0.4, -0.2) is 30.9 Å². The first-order chi connectivity index (χ1) is 11.6. The molecule has 1 unspecified atom stereocenters. The first kappa shape index (κ1) is 16.7. The van der Waals surface area contributed by atoms with E-state index in [9.17, 15) is 4.79 Å². The van der Waals surface area contributed by atoms with Gasteiger partial charge in [-0.1, -0.05) is 48.9 Å². The summed E-state index contributed by atoms with van der Waals surface area (Å²) < 4.78 is 0. The number of anilines is 1. The first-order valence-electron chi connectivity index (χ1n) is 8.75. The SMILES string of the molecule is CCC(=O)N(CC1c2ccccc2CCN1C)c1ccc(C)cc1. The highest BCUT2D eigenvalue weighted by Gasteiger charge is 2.28. The molecule has 0 bridgehead atoms. The van der Waals surface area contributed by atoms with Crippen molar-refractivity contribution in [2.24, 2.45) is 0 Å². The summed E-state index contributed by atoms with van der Waals surface area (Å²) >= 11 is 0. The standard InChI is InChI=1S/C21H26N2O/c1-4-21(24)23(18-11-9-16(2)10-12-18)15-20-19-8-6-5-7-17(19)13-14-22(20)3/h5-12,20H,4,13-15H2,1-3H3. The van der Waals surface area contributed by atoms with E-state index in [0.29, 0.717) is 13.0 Å². The van der Waals surface area contributed by atoms with Gasteiger partial charge < -0.3 is 4.90 Å². The predicted molar refractivity (Wildman–Crippen MR) is 99.3 cm³/mol. The van der Waals surface area contributed by atoms with Crippen LogP contribution in [-0.2, 0) is 11.2 Å². The lowest BCUT2D eigenvalue weighted by molar-refractivity contribution is -0.118. The summed E-state index contributed by atoms with van der Waals surface area (Å²) in [5, 5.41) is 0. The lowest BCUT2D eigenvalue weighted by Crippen LogP contribution is -2.42. The highest BCUT2D eigenvalue weighted by molar-refractivity contribution is 5.93. The van der Waals surface area contributed by atoms with Crippen molar-refractivity contribution in [3.8, 4) is 0 Å². The Bertz CT molecular complexity index is 708. The highest BCUT2D eigenvalue weighted by atomic mass is 16.2. The second-order valence-corrected chi connectivity index (χ2v) is 6.64. The van der Waals surface area contributed by atoms with E-state index < -0.39 is 0 Å². The number of benzene rings is 2. The summed E-state index contributed by atoms with van der Waals surface area (Å²) in [7, 11) is 2.16. The fraction of sp³-hybridized carbons (Fsp3) is 0.381. The maximum atomic E-state index is 12.6.